The molecule has 108 valence electrons. The van der Waals surface area contributed by atoms with Gasteiger partial charge in [0.05, 0.1) is 11.7 Å². The largest absolute Gasteiger partial charge is 0.454 e. The van der Waals surface area contributed by atoms with Crippen LogP contribution in [0.3, 0.4) is 0 Å². The topological polar surface area (TPSA) is 43.4 Å². The number of nitrogens with one attached hydrogen (secondary N) is 1. The van der Waals surface area contributed by atoms with Crippen LogP contribution in [0.2, 0.25) is 0 Å². The maximum Gasteiger partial charge on any atom is 0.231 e. The van der Waals surface area contributed by atoms with Gasteiger partial charge in [-0.05, 0) is 48.6 Å². The summed E-state index contributed by atoms with van der Waals surface area (Å²) < 4.78 is 10.8. The van der Waals surface area contributed by atoms with Crippen molar-refractivity contribution in [1.82, 2.24) is 10.3 Å². The summed E-state index contributed by atoms with van der Waals surface area (Å²) in [5, 5.41) is 3.63. The van der Waals surface area contributed by atoms with Gasteiger partial charge in [0, 0.05) is 12.7 Å². The molecule has 1 unspecified atom stereocenters. The molecule has 0 fully saturated rings. The number of ether oxygens (including phenoxy) is 2. The van der Waals surface area contributed by atoms with E-state index >= 15 is 0 Å². The number of nitrogens with zero attached hydrogens (tertiary/aromatic N) is 1. The van der Waals surface area contributed by atoms with E-state index in [-0.39, 0.29) is 0 Å². The van der Waals surface area contributed by atoms with Gasteiger partial charge in [0.1, 0.15) is 0 Å². The number of aryl methyl sites for hydroxylation is 1. The van der Waals surface area contributed by atoms with Crippen LogP contribution in [0.15, 0.2) is 36.5 Å². The highest BCUT2D eigenvalue weighted by Gasteiger charge is 2.21. The van der Waals surface area contributed by atoms with Crippen molar-refractivity contribution >= 4 is 0 Å². The Kier molecular flexibility index (Phi) is 3.24. The van der Waals surface area contributed by atoms with Gasteiger partial charge < -0.3 is 14.8 Å². The fourth-order valence-corrected chi connectivity index (χ4v) is 3.10. The zero-order chi connectivity index (χ0) is 14.1. The molecule has 0 saturated carbocycles. The lowest BCUT2D eigenvalue weighted by Gasteiger charge is -2.25. The molecule has 4 heteroatoms. The fourth-order valence-electron chi connectivity index (χ4n) is 3.10. The molecule has 1 atom stereocenters. The Morgan fingerprint density at radius 2 is 2.14 bits per heavy atom. The molecule has 0 saturated heterocycles. The zero-order valence-electron chi connectivity index (χ0n) is 11.8. The van der Waals surface area contributed by atoms with Crippen molar-refractivity contribution in [3.8, 4) is 11.5 Å². The van der Waals surface area contributed by atoms with Crippen molar-refractivity contribution in [3.05, 3.63) is 53.3 Å². The van der Waals surface area contributed by atoms with Crippen LogP contribution in [0.5, 0.6) is 11.5 Å². The maximum absolute atomic E-state index is 5.42. The number of pyridine rings is 1. The Balaban J connectivity index is 1.48. The average molecular weight is 282 g/mol. The molecule has 0 bridgehead atoms. The molecule has 2 heterocycles. The van der Waals surface area contributed by atoms with E-state index in [0.29, 0.717) is 12.8 Å². The first kappa shape index (κ1) is 12.7. The van der Waals surface area contributed by atoms with Gasteiger partial charge in [0.25, 0.3) is 0 Å². The summed E-state index contributed by atoms with van der Waals surface area (Å²) in [7, 11) is 0. The van der Waals surface area contributed by atoms with Gasteiger partial charge in [0.15, 0.2) is 11.5 Å². The molecule has 1 N–H and O–H groups in total. The summed E-state index contributed by atoms with van der Waals surface area (Å²) in [6.45, 7) is 1.14. The SMILES string of the molecule is c1cnc2c(c1)CCCC2NCc1ccc2c(c1)OCO2. The molecule has 0 spiro atoms. The summed E-state index contributed by atoms with van der Waals surface area (Å²) in [6.07, 6.45) is 5.40. The first-order chi connectivity index (χ1) is 10.4. The van der Waals surface area contributed by atoms with Crippen LogP contribution in [0.25, 0.3) is 0 Å². The monoisotopic (exact) mass is 282 g/mol. The van der Waals surface area contributed by atoms with Gasteiger partial charge in [-0.15, -0.1) is 0 Å². The van der Waals surface area contributed by atoms with E-state index in [1.807, 2.05) is 18.3 Å². The van der Waals surface area contributed by atoms with E-state index in [0.717, 1.165) is 30.9 Å². The summed E-state index contributed by atoms with van der Waals surface area (Å²) >= 11 is 0. The molecule has 2 aromatic rings. The van der Waals surface area contributed by atoms with E-state index in [1.165, 1.54) is 23.2 Å². The molecule has 1 aromatic heterocycles. The highest BCUT2D eigenvalue weighted by Crippen LogP contribution is 2.33. The minimum absolute atomic E-state index is 0.326. The lowest BCUT2D eigenvalue weighted by Crippen LogP contribution is -2.25. The second kappa shape index (κ2) is 5.37. The van der Waals surface area contributed by atoms with Crippen LogP contribution in [-0.4, -0.2) is 11.8 Å². The molecular weight excluding hydrogens is 264 g/mol. The molecule has 0 radical (unpaired) electrons. The molecule has 21 heavy (non-hydrogen) atoms. The Hall–Kier alpha value is -2.07. The lowest BCUT2D eigenvalue weighted by atomic mass is 9.92. The molecular formula is C17H18N2O2. The molecule has 4 rings (SSSR count). The second-order valence-electron chi connectivity index (χ2n) is 5.56. The first-order valence-corrected chi connectivity index (χ1v) is 7.46. The molecule has 4 nitrogen and oxygen atoms in total. The van der Waals surface area contributed by atoms with E-state index in [4.69, 9.17) is 9.47 Å². The number of hydrogen-bond acceptors (Lipinski definition) is 4. The van der Waals surface area contributed by atoms with Crippen molar-refractivity contribution in [2.45, 2.75) is 31.8 Å². The Morgan fingerprint density at radius 3 is 3.14 bits per heavy atom. The number of benzene rings is 1. The fraction of sp³-hybridized carbons (Fsp3) is 0.353. The molecule has 1 aromatic carbocycles. The minimum atomic E-state index is 0.326. The van der Waals surface area contributed by atoms with Crippen molar-refractivity contribution in [2.75, 3.05) is 6.79 Å². The number of rotatable bonds is 3. The van der Waals surface area contributed by atoms with Gasteiger partial charge in [-0.25, -0.2) is 0 Å². The number of aromatic nitrogens is 1. The van der Waals surface area contributed by atoms with Crippen LogP contribution >= 0.6 is 0 Å². The molecule has 2 aliphatic rings. The smallest absolute Gasteiger partial charge is 0.231 e. The van der Waals surface area contributed by atoms with Crippen molar-refractivity contribution in [2.24, 2.45) is 0 Å². The average Bonchev–Trinajstić information content (AvgIpc) is 3.00. The van der Waals surface area contributed by atoms with E-state index < -0.39 is 0 Å². The van der Waals surface area contributed by atoms with Crippen LogP contribution in [0, 0.1) is 0 Å². The van der Waals surface area contributed by atoms with Crippen LogP contribution in [-0.2, 0) is 13.0 Å². The Labute approximate surface area is 124 Å². The van der Waals surface area contributed by atoms with E-state index in [9.17, 15) is 0 Å². The Bertz CT molecular complexity index is 657. The van der Waals surface area contributed by atoms with E-state index in [2.05, 4.69) is 28.5 Å². The van der Waals surface area contributed by atoms with Crippen molar-refractivity contribution in [1.29, 1.82) is 0 Å². The van der Waals surface area contributed by atoms with Gasteiger partial charge in [-0.1, -0.05) is 12.1 Å². The third-order valence-electron chi connectivity index (χ3n) is 4.18. The Morgan fingerprint density at radius 1 is 1.19 bits per heavy atom. The summed E-state index contributed by atoms with van der Waals surface area (Å²) in [5.74, 6) is 1.68. The number of hydrogen-bond donors (Lipinski definition) is 1. The quantitative estimate of drug-likeness (QED) is 0.940. The zero-order valence-corrected chi connectivity index (χ0v) is 11.8. The molecule has 0 amide bonds. The van der Waals surface area contributed by atoms with Gasteiger partial charge >= 0.3 is 0 Å². The van der Waals surface area contributed by atoms with Crippen molar-refractivity contribution in [3.63, 3.8) is 0 Å². The third kappa shape index (κ3) is 2.47. The first-order valence-electron chi connectivity index (χ1n) is 7.46. The third-order valence-corrected chi connectivity index (χ3v) is 4.18. The second-order valence-corrected chi connectivity index (χ2v) is 5.56. The van der Waals surface area contributed by atoms with Crippen LogP contribution in [0.4, 0.5) is 0 Å². The summed E-state index contributed by atoms with van der Waals surface area (Å²) in [6, 6.07) is 10.7. The summed E-state index contributed by atoms with van der Waals surface area (Å²) in [5.41, 5.74) is 3.80. The standard InChI is InChI=1S/C17H18N2O2/c1-3-13-4-2-8-18-17(13)14(5-1)19-10-12-6-7-15-16(9-12)21-11-20-15/h2,4,6-9,14,19H,1,3,5,10-11H2. The van der Waals surface area contributed by atoms with Gasteiger partial charge in [-0.2, -0.15) is 0 Å². The predicted octanol–water partition coefficient (Wildman–Crippen LogP) is 2.98. The predicted molar refractivity (Wildman–Crippen MR) is 79.3 cm³/mol. The van der Waals surface area contributed by atoms with Gasteiger partial charge in [0.2, 0.25) is 6.79 Å². The normalized spacial score (nSPS) is 19.3. The summed E-state index contributed by atoms with van der Waals surface area (Å²) in [4.78, 5) is 4.56. The van der Waals surface area contributed by atoms with Crippen LogP contribution < -0.4 is 14.8 Å². The van der Waals surface area contributed by atoms with Gasteiger partial charge in [-0.3, -0.25) is 4.98 Å². The van der Waals surface area contributed by atoms with E-state index in [1.54, 1.807) is 0 Å². The molecule has 1 aliphatic heterocycles. The van der Waals surface area contributed by atoms with Crippen molar-refractivity contribution < 1.29 is 9.47 Å². The maximum atomic E-state index is 5.42. The lowest BCUT2D eigenvalue weighted by molar-refractivity contribution is 0.174. The molecule has 1 aliphatic carbocycles. The van der Waals surface area contributed by atoms with Crippen LogP contribution in [0.1, 0.15) is 35.7 Å². The minimum Gasteiger partial charge on any atom is -0.454 e. The number of fused-ring (bicyclic) bond motifs is 2. The highest BCUT2D eigenvalue weighted by atomic mass is 16.7. The highest BCUT2D eigenvalue weighted by molar-refractivity contribution is 5.44.